The molecule has 4 heterocycles. The molecule has 4 rings (SSSR count). The number of carbonyl (C=O) groups excluding carboxylic acids is 1. The highest BCUT2D eigenvalue weighted by Gasteiger charge is 2.40. The van der Waals surface area contributed by atoms with Gasteiger partial charge in [0.2, 0.25) is 5.91 Å². The number of amides is 1. The van der Waals surface area contributed by atoms with Crippen molar-refractivity contribution in [1.82, 2.24) is 14.5 Å². The third kappa shape index (κ3) is 2.68. The minimum atomic E-state index is -0.130. The summed E-state index contributed by atoms with van der Waals surface area (Å²) in [5.74, 6) is -0.00391. The van der Waals surface area contributed by atoms with Crippen molar-refractivity contribution in [2.45, 2.75) is 25.8 Å². The summed E-state index contributed by atoms with van der Waals surface area (Å²) >= 11 is 1.37. The Morgan fingerprint density at radius 1 is 1.43 bits per heavy atom. The number of aromatic nitrogens is 2. The molecule has 0 aromatic carbocycles. The largest absolute Gasteiger partial charge is 0.381 e. The van der Waals surface area contributed by atoms with Crippen LogP contribution in [0.2, 0.25) is 0 Å². The topological polar surface area (TPSA) is 64.4 Å². The summed E-state index contributed by atoms with van der Waals surface area (Å²) in [6.45, 7) is 3.12. The summed E-state index contributed by atoms with van der Waals surface area (Å²) in [5.41, 5.74) is 0.701. The zero-order chi connectivity index (χ0) is 15.9. The van der Waals surface area contributed by atoms with Gasteiger partial charge in [-0.3, -0.25) is 14.2 Å². The average molecular weight is 333 g/mol. The van der Waals surface area contributed by atoms with Gasteiger partial charge in [0.05, 0.1) is 18.5 Å². The Morgan fingerprint density at radius 3 is 3.17 bits per heavy atom. The Labute approximate surface area is 137 Å². The first-order chi connectivity index (χ1) is 11.2. The van der Waals surface area contributed by atoms with Crippen molar-refractivity contribution >= 4 is 27.5 Å². The van der Waals surface area contributed by atoms with Crippen LogP contribution in [0, 0.1) is 5.41 Å². The van der Waals surface area contributed by atoms with Gasteiger partial charge in [-0.1, -0.05) is 0 Å². The number of hydrogen-bond donors (Lipinski definition) is 0. The fraction of sp³-hybridized carbons (Fsp3) is 0.562. The number of ether oxygens (including phenoxy) is 1. The Kier molecular flexibility index (Phi) is 3.69. The summed E-state index contributed by atoms with van der Waals surface area (Å²) in [6.07, 6.45) is 4.64. The summed E-state index contributed by atoms with van der Waals surface area (Å²) in [5, 5.41) is 1.85. The molecule has 1 atom stereocenters. The predicted molar refractivity (Wildman–Crippen MR) is 87.6 cm³/mol. The lowest BCUT2D eigenvalue weighted by atomic mass is 9.79. The van der Waals surface area contributed by atoms with Crippen molar-refractivity contribution in [3.63, 3.8) is 0 Å². The molecule has 0 unspecified atom stereocenters. The molecule has 122 valence electrons. The van der Waals surface area contributed by atoms with E-state index in [1.165, 1.54) is 22.2 Å². The molecular formula is C16H19N3O3S. The molecule has 0 N–H and O–H groups in total. The monoisotopic (exact) mass is 333 g/mol. The molecule has 7 heteroatoms. The molecule has 0 bridgehead atoms. The number of rotatable bonds is 2. The predicted octanol–water partition coefficient (Wildman–Crippen LogP) is 1.49. The number of hydrogen-bond acceptors (Lipinski definition) is 5. The van der Waals surface area contributed by atoms with E-state index in [1.807, 2.05) is 16.3 Å². The van der Waals surface area contributed by atoms with Crippen LogP contribution in [0.3, 0.4) is 0 Å². The van der Waals surface area contributed by atoms with E-state index < -0.39 is 0 Å². The van der Waals surface area contributed by atoms with E-state index in [4.69, 9.17) is 4.74 Å². The van der Waals surface area contributed by atoms with Crippen LogP contribution in [-0.2, 0) is 16.1 Å². The third-order valence-corrected chi connectivity index (χ3v) is 5.83. The molecule has 1 spiro atoms. The number of piperidine rings is 1. The van der Waals surface area contributed by atoms with E-state index >= 15 is 0 Å². The van der Waals surface area contributed by atoms with E-state index in [0.29, 0.717) is 10.2 Å². The van der Waals surface area contributed by atoms with Gasteiger partial charge in [0.1, 0.15) is 11.2 Å². The van der Waals surface area contributed by atoms with E-state index in [1.54, 1.807) is 0 Å². The molecule has 2 saturated heterocycles. The van der Waals surface area contributed by atoms with Crippen molar-refractivity contribution in [3.05, 3.63) is 28.1 Å². The van der Waals surface area contributed by atoms with Crippen LogP contribution in [0.4, 0.5) is 0 Å². The molecule has 6 nitrogen and oxygen atoms in total. The molecule has 23 heavy (non-hydrogen) atoms. The molecule has 0 saturated carbocycles. The second kappa shape index (κ2) is 5.72. The molecule has 2 aliphatic rings. The van der Waals surface area contributed by atoms with Gasteiger partial charge in [-0.25, -0.2) is 4.98 Å². The Bertz CT molecular complexity index is 791. The first kappa shape index (κ1) is 14.8. The first-order valence-corrected chi connectivity index (χ1v) is 8.83. The van der Waals surface area contributed by atoms with Crippen molar-refractivity contribution in [2.75, 3.05) is 26.3 Å². The Balaban J connectivity index is 1.52. The SMILES string of the molecule is O=C(Cn1cnc2ccsc2c1=O)N1CCC[C@]2(CCOC2)C1. The van der Waals surface area contributed by atoms with E-state index in [0.717, 1.165) is 45.6 Å². The lowest BCUT2D eigenvalue weighted by Gasteiger charge is -2.39. The number of thiophene rings is 1. The maximum atomic E-state index is 12.6. The first-order valence-electron chi connectivity index (χ1n) is 7.95. The second-order valence-electron chi connectivity index (χ2n) is 6.53. The maximum Gasteiger partial charge on any atom is 0.271 e. The van der Waals surface area contributed by atoms with Crippen LogP contribution in [-0.4, -0.2) is 46.7 Å². The lowest BCUT2D eigenvalue weighted by Crippen LogP contribution is -2.48. The highest BCUT2D eigenvalue weighted by molar-refractivity contribution is 7.17. The van der Waals surface area contributed by atoms with E-state index in [2.05, 4.69) is 4.98 Å². The number of likely N-dealkylation sites (tertiary alicyclic amines) is 1. The van der Waals surface area contributed by atoms with Crippen molar-refractivity contribution in [3.8, 4) is 0 Å². The summed E-state index contributed by atoms with van der Waals surface area (Å²) < 4.78 is 7.58. The minimum Gasteiger partial charge on any atom is -0.381 e. The highest BCUT2D eigenvalue weighted by Crippen LogP contribution is 2.37. The molecule has 2 fully saturated rings. The number of fused-ring (bicyclic) bond motifs is 1. The standard InChI is InChI=1S/C16H19N3O3S/c20-13(18-5-1-3-16(9-18)4-6-22-10-16)8-19-11-17-12-2-7-23-14(12)15(19)21/h2,7,11H,1,3-6,8-10H2/t16-/m0/s1. The summed E-state index contributed by atoms with van der Waals surface area (Å²) in [7, 11) is 0. The van der Waals surface area contributed by atoms with Gasteiger partial charge in [-0.15, -0.1) is 11.3 Å². The molecule has 2 aromatic rings. The van der Waals surface area contributed by atoms with Crippen LogP contribution in [0.15, 0.2) is 22.6 Å². The van der Waals surface area contributed by atoms with E-state index in [-0.39, 0.29) is 23.4 Å². The number of nitrogens with zero attached hydrogens (tertiary/aromatic N) is 3. The fourth-order valence-corrected chi connectivity index (χ4v) is 4.42. The van der Waals surface area contributed by atoms with Gasteiger partial charge in [0, 0.05) is 25.1 Å². The summed E-state index contributed by atoms with van der Waals surface area (Å²) in [6, 6.07) is 1.82. The molecule has 2 aliphatic heterocycles. The molecule has 2 aromatic heterocycles. The Hall–Kier alpha value is -1.73. The van der Waals surface area contributed by atoms with Gasteiger partial charge >= 0.3 is 0 Å². The molecule has 1 amide bonds. The van der Waals surface area contributed by atoms with Gasteiger partial charge in [-0.2, -0.15) is 0 Å². The molecular weight excluding hydrogens is 314 g/mol. The van der Waals surface area contributed by atoms with E-state index in [9.17, 15) is 9.59 Å². The van der Waals surface area contributed by atoms with Crippen molar-refractivity contribution < 1.29 is 9.53 Å². The van der Waals surface area contributed by atoms with Crippen molar-refractivity contribution in [1.29, 1.82) is 0 Å². The maximum absolute atomic E-state index is 12.6. The smallest absolute Gasteiger partial charge is 0.271 e. The third-order valence-electron chi connectivity index (χ3n) is 4.94. The van der Waals surface area contributed by atoms with Crippen molar-refractivity contribution in [2.24, 2.45) is 5.41 Å². The fourth-order valence-electron chi connectivity index (χ4n) is 3.63. The average Bonchev–Trinajstić information content (AvgIpc) is 3.20. The van der Waals surface area contributed by atoms with Crippen LogP contribution < -0.4 is 5.56 Å². The van der Waals surface area contributed by atoms with Crippen LogP contribution in [0.5, 0.6) is 0 Å². The zero-order valence-electron chi connectivity index (χ0n) is 12.9. The normalized spacial score (nSPS) is 24.6. The van der Waals surface area contributed by atoms with Gasteiger partial charge in [0.15, 0.2) is 0 Å². The van der Waals surface area contributed by atoms with Gasteiger partial charge < -0.3 is 9.64 Å². The second-order valence-corrected chi connectivity index (χ2v) is 7.45. The van der Waals surface area contributed by atoms with Crippen LogP contribution in [0.1, 0.15) is 19.3 Å². The molecule has 0 radical (unpaired) electrons. The minimum absolute atomic E-state index is 0.00391. The van der Waals surface area contributed by atoms with Gasteiger partial charge in [-0.05, 0) is 30.7 Å². The highest BCUT2D eigenvalue weighted by atomic mass is 32.1. The van der Waals surface area contributed by atoms with Crippen LogP contribution in [0.25, 0.3) is 10.2 Å². The van der Waals surface area contributed by atoms with Crippen LogP contribution >= 0.6 is 11.3 Å². The Morgan fingerprint density at radius 2 is 2.35 bits per heavy atom. The van der Waals surface area contributed by atoms with Gasteiger partial charge in [0.25, 0.3) is 5.56 Å². The number of carbonyl (C=O) groups is 1. The zero-order valence-corrected chi connectivity index (χ0v) is 13.7. The molecule has 0 aliphatic carbocycles. The summed E-state index contributed by atoms with van der Waals surface area (Å²) in [4.78, 5) is 31.2. The lowest BCUT2D eigenvalue weighted by molar-refractivity contribution is -0.135. The quantitative estimate of drug-likeness (QED) is 0.835.